The van der Waals surface area contributed by atoms with Crippen LogP contribution >= 0.6 is 0 Å². The molecule has 5 nitrogen and oxygen atoms in total. The van der Waals surface area contributed by atoms with E-state index < -0.39 is 0 Å². The summed E-state index contributed by atoms with van der Waals surface area (Å²) in [5.74, 6) is 0.136. The van der Waals surface area contributed by atoms with E-state index in [0.29, 0.717) is 32.0 Å². The lowest BCUT2D eigenvalue weighted by Gasteiger charge is -2.38. The third-order valence-electron chi connectivity index (χ3n) is 5.26. The molecule has 2 saturated heterocycles. The van der Waals surface area contributed by atoms with Crippen LogP contribution in [0.3, 0.4) is 0 Å². The standard InChI is InChI=1S/C19H25FN2O3/c1-25-17-12-22(19(24)13-21-9-2-3-18(21)23)10-8-15(17)11-14-4-6-16(20)7-5-14/h4-7,15,17H,2-3,8-13H2,1H3/t15-,17+/m1/s1. The molecule has 0 spiro atoms. The Labute approximate surface area is 147 Å². The summed E-state index contributed by atoms with van der Waals surface area (Å²) in [7, 11) is 1.67. The van der Waals surface area contributed by atoms with Crippen molar-refractivity contribution in [1.82, 2.24) is 9.80 Å². The molecule has 136 valence electrons. The average Bonchev–Trinajstić information content (AvgIpc) is 3.02. The van der Waals surface area contributed by atoms with Gasteiger partial charge in [0.1, 0.15) is 5.82 Å². The summed E-state index contributed by atoms with van der Waals surface area (Å²) in [4.78, 5) is 27.6. The van der Waals surface area contributed by atoms with Crippen molar-refractivity contribution < 1.29 is 18.7 Å². The summed E-state index contributed by atoms with van der Waals surface area (Å²) < 4.78 is 18.7. The third-order valence-corrected chi connectivity index (χ3v) is 5.26. The van der Waals surface area contributed by atoms with Gasteiger partial charge in [0.2, 0.25) is 11.8 Å². The van der Waals surface area contributed by atoms with Crippen LogP contribution < -0.4 is 0 Å². The predicted octanol–water partition coefficient (Wildman–Crippen LogP) is 1.85. The third kappa shape index (κ3) is 4.37. The highest BCUT2D eigenvalue weighted by molar-refractivity contribution is 5.85. The molecule has 0 saturated carbocycles. The molecule has 0 radical (unpaired) electrons. The Kier molecular flexibility index (Phi) is 5.68. The summed E-state index contributed by atoms with van der Waals surface area (Å²) in [5.41, 5.74) is 1.08. The lowest BCUT2D eigenvalue weighted by Crippen LogP contribution is -2.50. The second kappa shape index (κ2) is 7.95. The van der Waals surface area contributed by atoms with Gasteiger partial charge in [0.05, 0.1) is 12.6 Å². The van der Waals surface area contributed by atoms with Crippen LogP contribution in [0.1, 0.15) is 24.8 Å². The van der Waals surface area contributed by atoms with E-state index in [2.05, 4.69) is 0 Å². The van der Waals surface area contributed by atoms with Gasteiger partial charge in [-0.05, 0) is 42.9 Å². The lowest BCUT2D eigenvalue weighted by molar-refractivity contribution is -0.141. The highest BCUT2D eigenvalue weighted by Gasteiger charge is 2.33. The van der Waals surface area contributed by atoms with Crippen molar-refractivity contribution in [2.75, 3.05) is 33.3 Å². The monoisotopic (exact) mass is 348 g/mol. The molecular formula is C19H25FN2O3. The fourth-order valence-corrected chi connectivity index (χ4v) is 3.75. The number of piperidine rings is 1. The number of halogens is 1. The Bertz CT molecular complexity index is 620. The zero-order valence-corrected chi connectivity index (χ0v) is 14.6. The van der Waals surface area contributed by atoms with Gasteiger partial charge in [0.25, 0.3) is 0 Å². The van der Waals surface area contributed by atoms with E-state index >= 15 is 0 Å². The van der Waals surface area contributed by atoms with Gasteiger partial charge in [-0.3, -0.25) is 9.59 Å². The maximum absolute atomic E-state index is 13.0. The molecule has 2 aliphatic rings. The number of hydrogen-bond acceptors (Lipinski definition) is 3. The average molecular weight is 348 g/mol. The van der Waals surface area contributed by atoms with Crippen LogP contribution in [0, 0.1) is 11.7 Å². The van der Waals surface area contributed by atoms with E-state index in [1.54, 1.807) is 29.0 Å². The van der Waals surface area contributed by atoms with E-state index in [0.717, 1.165) is 24.8 Å². The molecule has 2 heterocycles. The van der Waals surface area contributed by atoms with Crippen LogP contribution in [0.4, 0.5) is 4.39 Å². The number of hydrogen-bond donors (Lipinski definition) is 0. The second-order valence-corrected chi connectivity index (χ2v) is 6.91. The fourth-order valence-electron chi connectivity index (χ4n) is 3.75. The highest BCUT2D eigenvalue weighted by Crippen LogP contribution is 2.25. The predicted molar refractivity (Wildman–Crippen MR) is 91.4 cm³/mol. The summed E-state index contributed by atoms with van der Waals surface area (Å²) in [6.07, 6.45) is 3.00. The van der Waals surface area contributed by atoms with Crippen molar-refractivity contribution >= 4 is 11.8 Å². The Morgan fingerprint density at radius 2 is 2.04 bits per heavy atom. The number of rotatable bonds is 5. The number of ether oxygens (including phenoxy) is 1. The smallest absolute Gasteiger partial charge is 0.242 e. The molecular weight excluding hydrogens is 323 g/mol. The van der Waals surface area contributed by atoms with Crippen molar-refractivity contribution in [2.45, 2.75) is 31.8 Å². The van der Waals surface area contributed by atoms with Gasteiger partial charge >= 0.3 is 0 Å². The molecule has 2 aliphatic heterocycles. The normalized spacial score (nSPS) is 24.0. The number of nitrogens with zero attached hydrogens (tertiary/aromatic N) is 2. The molecule has 1 aromatic carbocycles. The molecule has 25 heavy (non-hydrogen) atoms. The summed E-state index contributed by atoms with van der Waals surface area (Å²) in [5, 5.41) is 0. The van der Waals surface area contributed by atoms with Crippen LogP contribution in [-0.4, -0.2) is 61.0 Å². The van der Waals surface area contributed by atoms with Gasteiger partial charge in [-0.2, -0.15) is 0 Å². The number of carbonyl (C=O) groups is 2. The van der Waals surface area contributed by atoms with Crippen LogP contribution in [0.2, 0.25) is 0 Å². The second-order valence-electron chi connectivity index (χ2n) is 6.91. The first-order chi connectivity index (χ1) is 12.1. The first-order valence-corrected chi connectivity index (χ1v) is 8.89. The minimum Gasteiger partial charge on any atom is -0.379 e. The minimum absolute atomic E-state index is 0.00229. The summed E-state index contributed by atoms with van der Waals surface area (Å²) in [6.45, 7) is 2.08. The van der Waals surface area contributed by atoms with E-state index in [1.165, 1.54) is 12.1 Å². The quantitative estimate of drug-likeness (QED) is 0.816. The van der Waals surface area contributed by atoms with Crippen LogP contribution in [0.15, 0.2) is 24.3 Å². The highest BCUT2D eigenvalue weighted by atomic mass is 19.1. The summed E-state index contributed by atoms with van der Waals surface area (Å²) >= 11 is 0. The molecule has 0 bridgehead atoms. The lowest BCUT2D eigenvalue weighted by atomic mass is 9.87. The van der Waals surface area contributed by atoms with E-state index in [4.69, 9.17) is 4.74 Å². The molecule has 0 unspecified atom stereocenters. The molecule has 0 aliphatic carbocycles. The van der Waals surface area contributed by atoms with E-state index in [-0.39, 0.29) is 30.3 Å². The molecule has 1 aromatic rings. The van der Waals surface area contributed by atoms with Crippen LogP contribution in [-0.2, 0) is 20.7 Å². The maximum atomic E-state index is 13.0. The molecule has 0 aromatic heterocycles. The SMILES string of the molecule is CO[C@H]1CN(C(=O)CN2CCCC2=O)CC[C@@H]1Cc1ccc(F)cc1. The van der Waals surface area contributed by atoms with Crippen molar-refractivity contribution in [3.63, 3.8) is 0 Å². The van der Waals surface area contributed by atoms with E-state index in [1.807, 2.05) is 0 Å². The topological polar surface area (TPSA) is 49.9 Å². The minimum atomic E-state index is -0.232. The Hall–Kier alpha value is -1.95. The number of amides is 2. The number of likely N-dealkylation sites (tertiary alicyclic amines) is 2. The fraction of sp³-hybridized carbons (Fsp3) is 0.579. The number of benzene rings is 1. The van der Waals surface area contributed by atoms with E-state index in [9.17, 15) is 14.0 Å². The largest absolute Gasteiger partial charge is 0.379 e. The van der Waals surface area contributed by atoms with Gasteiger partial charge in [-0.1, -0.05) is 12.1 Å². The number of methoxy groups -OCH3 is 1. The molecule has 2 amide bonds. The van der Waals surface area contributed by atoms with Gasteiger partial charge in [-0.25, -0.2) is 4.39 Å². The van der Waals surface area contributed by atoms with Crippen molar-refractivity contribution in [1.29, 1.82) is 0 Å². The summed E-state index contributed by atoms with van der Waals surface area (Å²) in [6, 6.07) is 6.56. The first kappa shape index (κ1) is 17.9. The van der Waals surface area contributed by atoms with Gasteiger partial charge in [0.15, 0.2) is 0 Å². The molecule has 2 fully saturated rings. The van der Waals surface area contributed by atoms with Crippen molar-refractivity contribution in [2.24, 2.45) is 5.92 Å². The Morgan fingerprint density at radius 1 is 1.28 bits per heavy atom. The van der Waals surface area contributed by atoms with Crippen LogP contribution in [0.5, 0.6) is 0 Å². The maximum Gasteiger partial charge on any atom is 0.242 e. The van der Waals surface area contributed by atoms with Crippen molar-refractivity contribution in [3.05, 3.63) is 35.6 Å². The van der Waals surface area contributed by atoms with Gasteiger partial charge in [0, 0.05) is 33.2 Å². The zero-order chi connectivity index (χ0) is 17.8. The van der Waals surface area contributed by atoms with Gasteiger partial charge < -0.3 is 14.5 Å². The molecule has 3 rings (SSSR count). The molecule has 6 heteroatoms. The Morgan fingerprint density at radius 3 is 2.68 bits per heavy atom. The number of carbonyl (C=O) groups excluding carboxylic acids is 2. The first-order valence-electron chi connectivity index (χ1n) is 8.89. The van der Waals surface area contributed by atoms with Crippen LogP contribution in [0.25, 0.3) is 0 Å². The zero-order valence-electron chi connectivity index (χ0n) is 14.6. The van der Waals surface area contributed by atoms with Crippen molar-refractivity contribution in [3.8, 4) is 0 Å². The molecule has 0 N–H and O–H groups in total. The Balaban J connectivity index is 1.56. The molecule has 2 atom stereocenters. The van der Waals surface area contributed by atoms with Gasteiger partial charge in [-0.15, -0.1) is 0 Å².